The van der Waals surface area contributed by atoms with Crippen molar-refractivity contribution in [2.75, 3.05) is 11.9 Å². The molecule has 0 spiro atoms. The maximum atomic E-state index is 11.9. The predicted octanol–water partition coefficient (Wildman–Crippen LogP) is 3.36. The first-order valence-corrected chi connectivity index (χ1v) is 7.80. The number of nitrogens with zero attached hydrogens (tertiary/aromatic N) is 1. The second-order valence-corrected chi connectivity index (χ2v) is 6.21. The quantitative estimate of drug-likeness (QED) is 0.642. The lowest BCUT2D eigenvalue weighted by molar-refractivity contribution is -0.384. The fourth-order valence-electron chi connectivity index (χ4n) is 2.63. The van der Waals surface area contributed by atoms with Gasteiger partial charge in [-0.15, -0.1) is 0 Å². The van der Waals surface area contributed by atoms with Gasteiger partial charge in [-0.2, -0.15) is 0 Å². The molecule has 0 unspecified atom stereocenters. The van der Waals surface area contributed by atoms with Gasteiger partial charge in [0.2, 0.25) is 5.91 Å². The zero-order chi connectivity index (χ0) is 16.1. The lowest BCUT2D eigenvalue weighted by Crippen LogP contribution is -2.40. The third-order valence-corrected chi connectivity index (χ3v) is 4.30. The molecule has 1 aromatic rings. The van der Waals surface area contributed by atoms with Crippen molar-refractivity contribution < 1.29 is 9.72 Å². The lowest BCUT2D eigenvalue weighted by Gasteiger charge is -2.27. The van der Waals surface area contributed by atoms with E-state index in [-0.39, 0.29) is 29.2 Å². The molecule has 2 rings (SSSR count). The van der Waals surface area contributed by atoms with Crippen molar-refractivity contribution in [2.45, 2.75) is 38.6 Å². The Balaban J connectivity index is 1.83. The van der Waals surface area contributed by atoms with Gasteiger partial charge < -0.3 is 10.6 Å². The van der Waals surface area contributed by atoms with Crippen molar-refractivity contribution in [2.24, 2.45) is 5.92 Å². The van der Waals surface area contributed by atoms with Crippen LogP contribution in [0.4, 0.5) is 11.4 Å². The molecule has 2 N–H and O–H groups in total. The molecule has 0 aliphatic heterocycles. The van der Waals surface area contributed by atoms with E-state index in [1.807, 2.05) is 0 Å². The number of amides is 1. The molecule has 0 radical (unpaired) electrons. The molecule has 0 bridgehead atoms. The Morgan fingerprint density at radius 2 is 2.05 bits per heavy atom. The highest BCUT2D eigenvalue weighted by atomic mass is 35.5. The van der Waals surface area contributed by atoms with Gasteiger partial charge in [0.1, 0.15) is 5.02 Å². The molecule has 0 heterocycles. The summed E-state index contributed by atoms with van der Waals surface area (Å²) in [6.45, 7) is 2.32. The SMILES string of the molecule is CC1CCC(NC(=O)CNc2ccc(Cl)c([N+](=O)[O-])c2)CC1. The predicted molar refractivity (Wildman–Crippen MR) is 86.2 cm³/mol. The van der Waals surface area contributed by atoms with Crippen LogP contribution in [-0.2, 0) is 4.79 Å². The van der Waals surface area contributed by atoms with Crippen LogP contribution in [0.15, 0.2) is 18.2 Å². The van der Waals surface area contributed by atoms with Crippen molar-refractivity contribution in [1.29, 1.82) is 0 Å². The summed E-state index contributed by atoms with van der Waals surface area (Å²) in [6, 6.07) is 4.63. The fraction of sp³-hybridized carbons (Fsp3) is 0.533. The molecule has 120 valence electrons. The smallest absolute Gasteiger partial charge is 0.289 e. The molecule has 0 saturated heterocycles. The van der Waals surface area contributed by atoms with E-state index in [1.165, 1.54) is 12.1 Å². The number of nitro groups is 1. The van der Waals surface area contributed by atoms with E-state index >= 15 is 0 Å². The Kier molecular flexibility index (Phi) is 5.60. The summed E-state index contributed by atoms with van der Waals surface area (Å²) in [4.78, 5) is 22.2. The Morgan fingerprint density at radius 3 is 2.68 bits per heavy atom. The van der Waals surface area contributed by atoms with Gasteiger partial charge in [0, 0.05) is 17.8 Å². The van der Waals surface area contributed by atoms with E-state index in [9.17, 15) is 14.9 Å². The molecule has 22 heavy (non-hydrogen) atoms. The Hall–Kier alpha value is -1.82. The van der Waals surface area contributed by atoms with Gasteiger partial charge in [-0.05, 0) is 43.7 Å². The highest BCUT2D eigenvalue weighted by molar-refractivity contribution is 6.32. The van der Waals surface area contributed by atoms with Crippen LogP contribution >= 0.6 is 11.6 Å². The Bertz CT molecular complexity index is 557. The van der Waals surface area contributed by atoms with Crippen LogP contribution in [0.1, 0.15) is 32.6 Å². The number of benzene rings is 1. The zero-order valence-electron chi connectivity index (χ0n) is 12.5. The van der Waals surface area contributed by atoms with E-state index in [0.717, 1.165) is 31.6 Å². The minimum Gasteiger partial charge on any atom is -0.376 e. The van der Waals surface area contributed by atoms with E-state index < -0.39 is 4.92 Å². The minimum absolute atomic E-state index is 0.0799. The summed E-state index contributed by atoms with van der Waals surface area (Å²) in [5, 5.41) is 16.8. The molecule has 6 nitrogen and oxygen atoms in total. The summed E-state index contributed by atoms with van der Waals surface area (Å²) in [5.41, 5.74) is 0.330. The first kappa shape index (κ1) is 16.5. The van der Waals surface area contributed by atoms with Crippen LogP contribution in [0.2, 0.25) is 5.02 Å². The van der Waals surface area contributed by atoms with Crippen LogP contribution < -0.4 is 10.6 Å². The molecule has 0 aromatic heterocycles. The van der Waals surface area contributed by atoms with Crippen molar-refractivity contribution in [3.63, 3.8) is 0 Å². The highest BCUT2D eigenvalue weighted by Gasteiger charge is 2.19. The van der Waals surface area contributed by atoms with Crippen LogP contribution in [0.5, 0.6) is 0 Å². The van der Waals surface area contributed by atoms with Gasteiger partial charge in [-0.1, -0.05) is 18.5 Å². The number of anilines is 1. The van der Waals surface area contributed by atoms with E-state index in [4.69, 9.17) is 11.6 Å². The molecule has 1 amide bonds. The average molecular weight is 326 g/mol. The second kappa shape index (κ2) is 7.45. The summed E-state index contributed by atoms with van der Waals surface area (Å²) < 4.78 is 0. The van der Waals surface area contributed by atoms with Crippen molar-refractivity contribution in [1.82, 2.24) is 5.32 Å². The van der Waals surface area contributed by atoms with Gasteiger partial charge >= 0.3 is 0 Å². The van der Waals surface area contributed by atoms with Crippen LogP contribution in [0.25, 0.3) is 0 Å². The maximum Gasteiger partial charge on any atom is 0.289 e. The number of hydrogen-bond acceptors (Lipinski definition) is 4. The van der Waals surface area contributed by atoms with Crippen molar-refractivity contribution in [3.8, 4) is 0 Å². The van der Waals surface area contributed by atoms with E-state index in [1.54, 1.807) is 6.07 Å². The van der Waals surface area contributed by atoms with Crippen LogP contribution in [0.3, 0.4) is 0 Å². The first-order chi connectivity index (χ1) is 10.5. The average Bonchev–Trinajstić information content (AvgIpc) is 2.48. The van der Waals surface area contributed by atoms with Gasteiger partial charge in [0.15, 0.2) is 0 Å². The first-order valence-electron chi connectivity index (χ1n) is 7.43. The maximum absolute atomic E-state index is 11.9. The van der Waals surface area contributed by atoms with E-state index in [0.29, 0.717) is 5.69 Å². The number of carbonyl (C=O) groups is 1. The topological polar surface area (TPSA) is 84.3 Å². The summed E-state index contributed by atoms with van der Waals surface area (Å²) in [7, 11) is 0. The summed E-state index contributed by atoms with van der Waals surface area (Å²) in [6.07, 6.45) is 4.31. The number of nitrogens with one attached hydrogen (secondary N) is 2. The molecular formula is C15H20ClN3O3. The molecule has 0 atom stereocenters. The second-order valence-electron chi connectivity index (χ2n) is 5.80. The summed E-state index contributed by atoms with van der Waals surface area (Å²) >= 11 is 5.75. The molecule has 7 heteroatoms. The third-order valence-electron chi connectivity index (χ3n) is 3.98. The number of nitro benzene ring substituents is 1. The van der Waals surface area contributed by atoms with Gasteiger partial charge in [-0.3, -0.25) is 14.9 Å². The standard InChI is InChI=1S/C15H20ClN3O3/c1-10-2-4-11(5-3-10)18-15(20)9-17-12-6-7-13(16)14(8-12)19(21)22/h6-8,10-11,17H,2-5,9H2,1H3,(H,18,20). The van der Waals surface area contributed by atoms with Crippen molar-refractivity contribution >= 4 is 28.9 Å². The Labute approximate surface area is 134 Å². The van der Waals surface area contributed by atoms with Gasteiger partial charge in [0.25, 0.3) is 5.69 Å². The van der Waals surface area contributed by atoms with Gasteiger partial charge in [-0.25, -0.2) is 0 Å². The largest absolute Gasteiger partial charge is 0.376 e. The summed E-state index contributed by atoms with van der Waals surface area (Å²) in [5.74, 6) is 0.637. The van der Waals surface area contributed by atoms with Crippen LogP contribution in [0, 0.1) is 16.0 Å². The number of rotatable bonds is 5. The highest BCUT2D eigenvalue weighted by Crippen LogP contribution is 2.27. The minimum atomic E-state index is -0.545. The molecule has 1 aliphatic rings. The third kappa shape index (κ3) is 4.59. The van der Waals surface area contributed by atoms with Gasteiger partial charge in [0.05, 0.1) is 11.5 Å². The monoisotopic (exact) mass is 325 g/mol. The Morgan fingerprint density at radius 1 is 1.36 bits per heavy atom. The zero-order valence-corrected chi connectivity index (χ0v) is 13.2. The molecule has 1 aromatic carbocycles. The normalized spacial score (nSPS) is 21.2. The molecule has 1 fully saturated rings. The number of halogens is 1. The van der Waals surface area contributed by atoms with Crippen LogP contribution in [-0.4, -0.2) is 23.4 Å². The van der Waals surface area contributed by atoms with Crippen molar-refractivity contribution in [3.05, 3.63) is 33.3 Å². The number of carbonyl (C=O) groups excluding carboxylic acids is 1. The fourth-order valence-corrected chi connectivity index (χ4v) is 2.81. The van der Waals surface area contributed by atoms with E-state index in [2.05, 4.69) is 17.6 Å². The number of hydrogen-bond donors (Lipinski definition) is 2. The lowest BCUT2D eigenvalue weighted by atomic mass is 9.87. The molecular weight excluding hydrogens is 306 g/mol. The molecule has 1 aliphatic carbocycles. The molecule has 1 saturated carbocycles.